The molecule has 5 nitrogen and oxygen atoms in total. The lowest BCUT2D eigenvalue weighted by atomic mass is 9.91. The first-order valence-electron chi connectivity index (χ1n) is 8.10. The van der Waals surface area contributed by atoms with Crippen LogP contribution in [-0.2, 0) is 4.74 Å². The summed E-state index contributed by atoms with van der Waals surface area (Å²) >= 11 is 3.34. The maximum absolute atomic E-state index is 12.2. The third-order valence-electron chi connectivity index (χ3n) is 3.94. The van der Waals surface area contributed by atoms with Gasteiger partial charge in [0.2, 0.25) is 0 Å². The van der Waals surface area contributed by atoms with Crippen molar-refractivity contribution in [2.24, 2.45) is 5.92 Å². The summed E-state index contributed by atoms with van der Waals surface area (Å²) in [6, 6.07) is 4.19. The number of hydrogen-bond acceptors (Lipinski definition) is 4. The normalized spacial score (nSPS) is 20.0. The van der Waals surface area contributed by atoms with Gasteiger partial charge in [-0.3, -0.25) is 0 Å². The lowest BCUT2D eigenvalue weighted by Gasteiger charge is -2.37. The Morgan fingerprint density at radius 3 is 2.83 bits per heavy atom. The van der Waals surface area contributed by atoms with Gasteiger partial charge in [-0.25, -0.2) is 9.78 Å². The van der Waals surface area contributed by atoms with Gasteiger partial charge in [-0.1, -0.05) is 0 Å². The minimum Gasteiger partial charge on any atom is -0.444 e. The van der Waals surface area contributed by atoms with E-state index in [0.29, 0.717) is 5.92 Å². The molecule has 1 aliphatic rings. The Balaban J connectivity index is 1.92. The van der Waals surface area contributed by atoms with Crippen LogP contribution in [0.4, 0.5) is 10.5 Å². The van der Waals surface area contributed by atoms with E-state index in [4.69, 9.17) is 4.74 Å². The fourth-order valence-electron chi connectivity index (χ4n) is 2.75. The first-order chi connectivity index (χ1) is 10.7. The molecular formula is C17H26BrN3O2. The van der Waals surface area contributed by atoms with Crippen LogP contribution in [0.5, 0.6) is 0 Å². The zero-order valence-electron chi connectivity index (χ0n) is 14.3. The van der Waals surface area contributed by atoms with Gasteiger partial charge in [-0.15, -0.1) is 0 Å². The second-order valence-electron chi connectivity index (χ2n) is 7.13. The summed E-state index contributed by atoms with van der Waals surface area (Å²) < 4.78 is 6.31. The number of aromatic nitrogens is 1. The van der Waals surface area contributed by atoms with Crippen molar-refractivity contribution in [1.29, 1.82) is 0 Å². The molecule has 23 heavy (non-hydrogen) atoms. The van der Waals surface area contributed by atoms with Crippen LogP contribution in [0.15, 0.2) is 22.9 Å². The maximum atomic E-state index is 12.2. The molecule has 6 heteroatoms. The fourth-order valence-corrected chi connectivity index (χ4v) is 2.99. The predicted molar refractivity (Wildman–Crippen MR) is 95.6 cm³/mol. The van der Waals surface area contributed by atoms with Crippen molar-refractivity contribution < 1.29 is 9.53 Å². The van der Waals surface area contributed by atoms with Crippen LogP contribution in [0.3, 0.4) is 0 Å². The zero-order chi connectivity index (χ0) is 17.0. The van der Waals surface area contributed by atoms with E-state index in [1.54, 1.807) is 0 Å². The largest absolute Gasteiger partial charge is 0.444 e. The van der Waals surface area contributed by atoms with Crippen LogP contribution >= 0.6 is 15.9 Å². The van der Waals surface area contributed by atoms with Gasteiger partial charge in [0.15, 0.2) is 0 Å². The van der Waals surface area contributed by atoms with Crippen LogP contribution in [0.2, 0.25) is 0 Å². The molecule has 128 valence electrons. The van der Waals surface area contributed by atoms with Gasteiger partial charge >= 0.3 is 6.09 Å². The van der Waals surface area contributed by atoms with Gasteiger partial charge in [0.1, 0.15) is 10.2 Å². The van der Waals surface area contributed by atoms with Crippen LogP contribution in [0.25, 0.3) is 0 Å². The molecule has 1 fully saturated rings. The number of ether oxygens (including phenoxy) is 1. The van der Waals surface area contributed by atoms with Crippen molar-refractivity contribution in [2.45, 2.75) is 52.2 Å². The van der Waals surface area contributed by atoms with E-state index in [9.17, 15) is 4.79 Å². The molecule has 1 saturated heterocycles. The molecule has 0 bridgehead atoms. The van der Waals surface area contributed by atoms with E-state index in [1.807, 2.05) is 44.0 Å². The van der Waals surface area contributed by atoms with E-state index in [1.165, 1.54) is 0 Å². The van der Waals surface area contributed by atoms with E-state index in [2.05, 4.69) is 33.2 Å². The number of amides is 1. The molecule has 1 N–H and O–H groups in total. The number of anilines is 1. The van der Waals surface area contributed by atoms with Gasteiger partial charge in [-0.2, -0.15) is 0 Å². The Hall–Kier alpha value is -1.30. The van der Waals surface area contributed by atoms with Crippen molar-refractivity contribution in [3.8, 4) is 0 Å². The summed E-state index contributed by atoms with van der Waals surface area (Å²) in [4.78, 5) is 18.3. The number of nitrogens with one attached hydrogen (secondary N) is 1. The fraction of sp³-hybridized carbons (Fsp3) is 0.647. The van der Waals surface area contributed by atoms with Crippen molar-refractivity contribution in [3.63, 3.8) is 0 Å². The molecule has 0 spiro atoms. The molecule has 2 unspecified atom stereocenters. The molecule has 0 aromatic carbocycles. The highest BCUT2D eigenvalue weighted by molar-refractivity contribution is 9.10. The topological polar surface area (TPSA) is 54.5 Å². The quantitative estimate of drug-likeness (QED) is 0.790. The van der Waals surface area contributed by atoms with E-state index >= 15 is 0 Å². The third kappa shape index (κ3) is 5.68. The molecule has 1 aliphatic heterocycles. The number of carbonyl (C=O) groups is 1. The van der Waals surface area contributed by atoms with Crippen LogP contribution in [-0.4, -0.2) is 40.7 Å². The number of piperidine rings is 1. The van der Waals surface area contributed by atoms with Crippen molar-refractivity contribution in [2.75, 3.05) is 18.4 Å². The van der Waals surface area contributed by atoms with Crippen molar-refractivity contribution in [1.82, 2.24) is 9.88 Å². The average Bonchev–Trinajstić information content (AvgIpc) is 2.48. The van der Waals surface area contributed by atoms with Crippen LogP contribution in [0, 0.1) is 5.92 Å². The monoisotopic (exact) mass is 383 g/mol. The number of nitrogens with zero attached hydrogens (tertiary/aromatic N) is 2. The van der Waals surface area contributed by atoms with E-state index in [0.717, 1.165) is 36.2 Å². The molecule has 0 saturated carbocycles. The number of hydrogen-bond donors (Lipinski definition) is 1. The minimum absolute atomic E-state index is 0.209. The highest BCUT2D eigenvalue weighted by Crippen LogP contribution is 2.24. The van der Waals surface area contributed by atoms with Gasteiger partial charge in [0.05, 0.1) is 11.9 Å². The summed E-state index contributed by atoms with van der Waals surface area (Å²) in [5.74, 6) is 0.403. The maximum Gasteiger partial charge on any atom is 0.410 e. The number of carbonyl (C=O) groups excluding carboxylic acids is 1. The van der Waals surface area contributed by atoms with Crippen molar-refractivity contribution >= 4 is 27.7 Å². The molecular weight excluding hydrogens is 358 g/mol. The molecule has 0 radical (unpaired) electrons. The molecule has 2 heterocycles. The number of rotatable bonds is 3. The molecule has 1 aromatic heterocycles. The van der Waals surface area contributed by atoms with Gasteiger partial charge in [-0.05, 0) is 74.5 Å². The van der Waals surface area contributed by atoms with Crippen LogP contribution in [0.1, 0.15) is 40.5 Å². The van der Waals surface area contributed by atoms with Gasteiger partial charge in [0, 0.05) is 19.1 Å². The Morgan fingerprint density at radius 1 is 1.48 bits per heavy atom. The molecule has 2 rings (SSSR count). The molecule has 1 aromatic rings. The van der Waals surface area contributed by atoms with E-state index < -0.39 is 5.60 Å². The summed E-state index contributed by atoms with van der Waals surface area (Å²) in [5.41, 5.74) is 0.548. The smallest absolute Gasteiger partial charge is 0.410 e. The second-order valence-corrected chi connectivity index (χ2v) is 7.94. The number of pyridine rings is 1. The Labute approximate surface area is 146 Å². The van der Waals surface area contributed by atoms with Crippen LogP contribution < -0.4 is 5.32 Å². The zero-order valence-corrected chi connectivity index (χ0v) is 15.9. The minimum atomic E-state index is -0.447. The Kier molecular flexibility index (Phi) is 5.89. The Morgan fingerprint density at radius 2 is 2.22 bits per heavy atom. The summed E-state index contributed by atoms with van der Waals surface area (Å²) in [7, 11) is 0. The summed E-state index contributed by atoms with van der Waals surface area (Å²) in [6.07, 6.45) is 3.72. The Bertz CT molecular complexity index is 528. The first-order valence-corrected chi connectivity index (χ1v) is 8.90. The summed E-state index contributed by atoms with van der Waals surface area (Å²) in [5, 5.41) is 3.48. The standard InChI is InChI=1S/C17H26BrN3O2/c1-12(20-14-7-8-15(18)19-10-14)13-6-5-9-21(11-13)16(22)23-17(2,3)4/h7-8,10,12-13,20H,5-6,9,11H2,1-4H3. The van der Waals surface area contributed by atoms with E-state index in [-0.39, 0.29) is 12.1 Å². The predicted octanol–water partition coefficient (Wildman–Crippen LogP) is 4.29. The molecule has 1 amide bonds. The SMILES string of the molecule is CC(Nc1ccc(Br)nc1)C1CCCN(C(=O)OC(C)(C)C)C1. The highest BCUT2D eigenvalue weighted by Gasteiger charge is 2.30. The lowest BCUT2D eigenvalue weighted by Crippen LogP contribution is -2.46. The molecule has 2 atom stereocenters. The average molecular weight is 384 g/mol. The first kappa shape index (κ1) is 18.0. The number of likely N-dealkylation sites (tertiary alicyclic amines) is 1. The third-order valence-corrected chi connectivity index (χ3v) is 4.41. The highest BCUT2D eigenvalue weighted by atomic mass is 79.9. The lowest BCUT2D eigenvalue weighted by molar-refractivity contribution is 0.0159. The second kappa shape index (κ2) is 7.51. The van der Waals surface area contributed by atoms with Gasteiger partial charge in [0.25, 0.3) is 0 Å². The molecule has 0 aliphatic carbocycles. The van der Waals surface area contributed by atoms with Gasteiger partial charge < -0.3 is 15.0 Å². The number of halogens is 1. The van der Waals surface area contributed by atoms with Crippen molar-refractivity contribution in [3.05, 3.63) is 22.9 Å². The summed E-state index contributed by atoms with van der Waals surface area (Å²) in [6.45, 7) is 9.36.